The number of amides is 1. The average molecular weight is 240 g/mol. The SMILES string of the molecule is CS(=O)(=O)NC(=O)/C=C/c1cccc(N)c1. The molecule has 0 radical (unpaired) electrons. The van der Waals surface area contributed by atoms with E-state index in [1.165, 1.54) is 6.08 Å². The maximum Gasteiger partial charge on any atom is 0.257 e. The van der Waals surface area contributed by atoms with Crippen LogP contribution in [0.3, 0.4) is 0 Å². The number of carbonyl (C=O) groups is 1. The highest BCUT2D eigenvalue weighted by molar-refractivity contribution is 7.89. The minimum atomic E-state index is -3.51. The number of sulfonamides is 1. The molecule has 1 aromatic carbocycles. The third-order valence-electron chi connectivity index (χ3n) is 1.62. The zero-order valence-corrected chi connectivity index (χ0v) is 9.49. The number of hydrogen-bond acceptors (Lipinski definition) is 4. The summed E-state index contributed by atoms with van der Waals surface area (Å²) in [6, 6.07) is 6.88. The zero-order chi connectivity index (χ0) is 12.2. The van der Waals surface area contributed by atoms with Crippen molar-refractivity contribution < 1.29 is 13.2 Å². The Morgan fingerprint density at radius 2 is 2.12 bits per heavy atom. The summed E-state index contributed by atoms with van der Waals surface area (Å²) in [6.07, 6.45) is 3.53. The van der Waals surface area contributed by atoms with E-state index in [4.69, 9.17) is 5.73 Å². The number of hydrogen-bond donors (Lipinski definition) is 2. The smallest absolute Gasteiger partial charge is 0.257 e. The molecule has 1 rings (SSSR count). The fourth-order valence-corrected chi connectivity index (χ4v) is 1.48. The van der Waals surface area contributed by atoms with Crippen molar-refractivity contribution in [3.8, 4) is 0 Å². The number of carbonyl (C=O) groups excluding carboxylic acids is 1. The van der Waals surface area contributed by atoms with Gasteiger partial charge in [0.05, 0.1) is 6.26 Å². The third kappa shape index (κ3) is 4.61. The molecule has 0 unspecified atom stereocenters. The molecule has 3 N–H and O–H groups in total. The number of benzene rings is 1. The van der Waals surface area contributed by atoms with Crippen LogP contribution in [0.4, 0.5) is 5.69 Å². The minimum Gasteiger partial charge on any atom is -0.399 e. The van der Waals surface area contributed by atoms with Gasteiger partial charge in [-0.05, 0) is 23.8 Å². The van der Waals surface area contributed by atoms with Gasteiger partial charge in [-0.15, -0.1) is 0 Å². The van der Waals surface area contributed by atoms with Gasteiger partial charge in [-0.1, -0.05) is 12.1 Å². The predicted molar refractivity (Wildman–Crippen MR) is 62.9 cm³/mol. The third-order valence-corrected chi connectivity index (χ3v) is 2.20. The van der Waals surface area contributed by atoms with E-state index < -0.39 is 15.9 Å². The fraction of sp³-hybridized carbons (Fsp3) is 0.100. The average Bonchev–Trinajstić information content (AvgIpc) is 2.12. The number of nitrogens with one attached hydrogen (secondary N) is 1. The molecule has 0 aliphatic heterocycles. The molecule has 0 saturated carbocycles. The predicted octanol–water partition coefficient (Wildman–Crippen LogP) is 0.358. The molecular formula is C10H12N2O3S. The van der Waals surface area contributed by atoms with Crippen LogP contribution < -0.4 is 10.5 Å². The van der Waals surface area contributed by atoms with Gasteiger partial charge in [0.15, 0.2) is 0 Å². The quantitative estimate of drug-likeness (QED) is 0.589. The summed E-state index contributed by atoms with van der Waals surface area (Å²) in [6.45, 7) is 0. The van der Waals surface area contributed by atoms with Crippen LogP contribution in [0.2, 0.25) is 0 Å². The highest BCUT2D eigenvalue weighted by atomic mass is 32.2. The Morgan fingerprint density at radius 1 is 1.44 bits per heavy atom. The molecule has 0 heterocycles. The molecule has 16 heavy (non-hydrogen) atoms. The standard InChI is InChI=1S/C10H12N2O3S/c1-16(14,15)12-10(13)6-5-8-3-2-4-9(11)7-8/h2-7H,11H2,1H3,(H,12,13)/b6-5+. The lowest BCUT2D eigenvalue weighted by atomic mass is 10.2. The minimum absolute atomic E-state index is 0.575. The van der Waals surface area contributed by atoms with Crippen molar-refractivity contribution in [3.63, 3.8) is 0 Å². The first-order valence-corrected chi connectivity index (χ1v) is 6.31. The molecule has 6 heteroatoms. The van der Waals surface area contributed by atoms with Gasteiger partial charge in [0.2, 0.25) is 10.0 Å². The fourth-order valence-electron chi connectivity index (χ4n) is 1.05. The molecule has 0 fully saturated rings. The molecule has 0 atom stereocenters. The van der Waals surface area contributed by atoms with Gasteiger partial charge in [0.1, 0.15) is 0 Å². The van der Waals surface area contributed by atoms with Gasteiger partial charge in [-0.2, -0.15) is 0 Å². The van der Waals surface area contributed by atoms with Crippen LogP contribution >= 0.6 is 0 Å². The van der Waals surface area contributed by atoms with E-state index in [0.29, 0.717) is 5.69 Å². The van der Waals surface area contributed by atoms with E-state index in [2.05, 4.69) is 0 Å². The highest BCUT2D eigenvalue weighted by Gasteiger charge is 2.03. The second-order valence-electron chi connectivity index (χ2n) is 3.24. The van der Waals surface area contributed by atoms with Crippen LogP contribution in [-0.2, 0) is 14.8 Å². The van der Waals surface area contributed by atoms with Crippen molar-refractivity contribution in [1.29, 1.82) is 0 Å². The summed E-state index contributed by atoms with van der Waals surface area (Å²) in [5.74, 6) is -0.690. The molecule has 0 saturated heterocycles. The van der Waals surface area contributed by atoms with Gasteiger partial charge in [0, 0.05) is 11.8 Å². The van der Waals surface area contributed by atoms with Gasteiger partial charge >= 0.3 is 0 Å². The Balaban J connectivity index is 2.71. The Kier molecular flexibility index (Phi) is 3.68. The molecule has 0 bridgehead atoms. The topological polar surface area (TPSA) is 89.3 Å². The maximum absolute atomic E-state index is 11.1. The summed E-state index contributed by atoms with van der Waals surface area (Å²) < 4.78 is 23.3. The van der Waals surface area contributed by atoms with Crippen molar-refractivity contribution >= 4 is 27.7 Å². The Labute approximate surface area is 94.0 Å². The summed E-state index contributed by atoms with van der Waals surface area (Å²) in [5, 5.41) is 0. The van der Waals surface area contributed by atoms with Crippen molar-refractivity contribution in [2.45, 2.75) is 0 Å². The van der Waals surface area contributed by atoms with Crippen molar-refractivity contribution in [2.24, 2.45) is 0 Å². The molecule has 0 aromatic heterocycles. The van der Waals surface area contributed by atoms with Gasteiger partial charge < -0.3 is 5.73 Å². The van der Waals surface area contributed by atoms with Crippen LogP contribution in [0.15, 0.2) is 30.3 Å². The zero-order valence-electron chi connectivity index (χ0n) is 8.67. The normalized spacial score (nSPS) is 11.6. The van der Waals surface area contributed by atoms with Gasteiger partial charge in [-0.25, -0.2) is 13.1 Å². The first-order chi connectivity index (χ1) is 7.37. The summed E-state index contributed by atoms with van der Waals surface area (Å²) in [4.78, 5) is 11.1. The van der Waals surface area contributed by atoms with E-state index in [9.17, 15) is 13.2 Å². The highest BCUT2D eigenvalue weighted by Crippen LogP contribution is 2.07. The number of rotatable bonds is 3. The van der Waals surface area contributed by atoms with Crippen molar-refractivity contribution in [1.82, 2.24) is 4.72 Å². The van der Waals surface area contributed by atoms with E-state index in [1.54, 1.807) is 24.3 Å². The Bertz CT molecular complexity index is 521. The number of nitrogens with two attached hydrogens (primary N) is 1. The van der Waals surface area contributed by atoms with Crippen LogP contribution in [0.5, 0.6) is 0 Å². The monoisotopic (exact) mass is 240 g/mol. The lowest BCUT2D eigenvalue weighted by molar-refractivity contribution is -0.114. The van der Waals surface area contributed by atoms with Crippen molar-refractivity contribution in [3.05, 3.63) is 35.9 Å². The molecule has 5 nitrogen and oxygen atoms in total. The molecular weight excluding hydrogens is 228 g/mol. The van der Waals surface area contributed by atoms with Crippen LogP contribution in [0, 0.1) is 0 Å². The lowest BCUT2D eigenvalue weighted by Gasteiger charge is -1.97. The molecule has 86 valence electrons. The molecule has 0 spiro atoms. The van der Waals surface area contributed by atoms with Gasteiger partial charge in [0.25, 0.3) is 5.91 Å². The second-order valence-corrected chi connectivity index (χ2v) is 4.99. The molecule has 0 aliphatic rings. The van der Waals surface area contributed by atoms with E-state index in [-0.39, 0.29) is 0 Å². The molecule has 1 amide bonds. The lowest BCUT2D eigenvalue weighted by Crippen LogP contribution is -2.27. The van der Waals surface area contributed by atoms with E-state index >= 15 is 0 Å². The maximum atomic E-state index is 11.1. The second kappa shape index (κ2) is 4.80. The first kappa shape index (κ1) is 12.3. The first-order valence-electron chi connectivity index (χ1n) is 4.42. The summed E-state index contributed by atoms with van der Waals surface area (Å²) in [7, 11) is -3.51. The number of nitrogen functional groups attached to an aromatic ring is 1. The Hall–Kier alpha value is -1.82. The van der Waals surface area contributed by atoms with E-state index in [0.717, 1.165) is 17.9 Å². The Morgan fingerprint density at radius 3 is 2.69 bits per heavy atom. The van der Waals surface area contributed by atoms with Crippen LogP contribution in [0.25, 0.3) is 6.08 Å². The molecule has 1 aromatic rings. The van der Waals surface area contributed by atoms with Gasteiger partial charge in [-0.3, -0.25) is 4.79 Å². The summed E-state index contributed by atoms with van der Waals surface area (Å²) >= 11 is 0. The van der Waals surface area contributed by atoms with Crippen LogP contribution in [-0.4, -0.2) is 20.6 Å². The molecule has 0 aliphatic carbocycles. The van der Waals surface area contributed by atoms with E-state index in [1.807, 2.05) is 4.72 Å². The van der Waals surface area contributed by atoms with Crippen molar-refractivity contribution in [2.75, 3.05) is 12.0 Å². The summed E-state index contributed by atoms with van der Waals surface area (Å²) in [5.41, 5.74) is 6.84. The number of anilines is 1. The largest absolute Gasteiger partial charge is 0.399 e. The van der Waals surface area contributed by atoms with Crippen LogP contribution in [0.1, 0.15) is 5.56 Å².